The molecule has 3 aromatic rings. The van der Waals surface area contributed by atoms with E-state index in [2.05, 4.69) is 25.3 Å². The molecule has 0 N–H and O–H groups in total. The van der Waals surface area contributed by atoms with Crippen molar-refractivity contribution in [2.75, 3.05) is 11.9 Å². The zero-order valence-electron chi connectivity index (χ0n) is 11.8. The van der Waals surface area contributed by atoms with Gasteiger partial charge in [-0.15, -0.1) is 11.3 Å². The number of halogens is 2. The van der Waals surface area contributed by atoms with Gasteiger partial charge >= 0.3 is 0 Å². The Morgan fingerprint density at radius 3 is 2.90 bits per heavy atom. The van der Waals surface area contributed by atoms with Crippen LogP contribution in [0.2, 0.25) is 0 Å². The van der Waals surface area contributed by atoms with Gasteiger partial charge in [0.25, 0.3) is 0 Å². The minimum Gasteiger partial charge on any atom is -0.351 e. The van der Waals surface area contributed by atoms with Crippen LogP contribution in [0.4, 0.5) is 10.2 Å². The maximum atomic E-state index is 14.0. The van der Waals surface area contributed by atoms with Gasteiger partial charge in [0.1, 0.15) is 5.82 Å². The summed E-state index contributed by atoms with van der Waals surface area (Å²) in [6, 6.07) is 6.80. The zero-order chi connectivity index (χ0) is 15.0. The minimum atomic E-state index is -0.182. The van der Waals surface area contributed by atoms with Crippen LogP contribution in [0, 0.1) is 5.82 Å². The smallest absolute Gasteiger partial charge is 0.195 e. The molecule has 0 spiro atoms. The molecule has 0 aliphatic carbocycles. The maximum Gasteiger partial charge on any atom is 0.195 e. The first-order chi connectivity index (χ1) is 10.1. The van der Waals surface area contributed by atoms with Gasteiger partial charge in [0.05, 0.1) is 11.7 Å². The average Bonchev–Trinajstić information content (AvgIpc) is 3.06. The lowest BCUT2D eigenvalue weighted by Gasteiger charge is -2.26. The van der Waals surface area contributed by atoms with E-state index in [0.717, 1.165) is 16.5 Å². The fraction of sp³-hybridized carbons (Fsp3) is 0.267. The highest BCUT2D eigenvalue weighted by atomic mass is 79.9. The summed E-state index contributed by atoms with van der Waals surface area (Å²) in [6.45, 7) is 1.99. The molecular formula is C15H15BrFN3S. The first kappa shape index (κ1) is 14.5. The summed E-state index contributed by atoms with van der Waals surface area (Å²) in [5.41, 5.74) is 1.76. The van der Waals surface area contributed by atoms with E-state index in [9.17, 15) is 4.39 Å². The molecule has 6 heteroatoms. The molecule has 3 rings (SSSR count). The number of fused-ring (bicyclic) bond motifs is 1. The Hall–Kier alpha value is -1.40. The van der Waals surface area contributed by atoms with Gasteiger partial charge in [-0.2, -0.15) is 0 Å². The molecule has 0 bridgehead atoms. The molecule has 0 saturated heterocycles. The van der Waals surface area contributed by atoms with Crippen molar-refractivity contribution in [3.05, 3.63) is 52.9 Å². The third-order valence-corrected chi connectivity index (χ3v) is 5.02. The SMILES string of the molecule is CC(c1ccccc1F)N(C)c1nc2sccn2c1CBr. The van der Waals surface area contributed by atoms with Gasteiger partial charge in [0.2, 0.25) is 0 Å². The van der Waals surface area contributed by atoms with Crippen LogP contribution in [-0.2, 0) is 5.33 Å². The lowest BCUT2D eigenvalue weighted by atomic mass is 10.1. The maximum absolute atomic E-state index is 14.0. The molecule has 3 nitrogen and oxygen atoms in total. The van der Waals surface area contributed by atoms with E-state index in [-0.39, 0.29) is 11.9 Å². The van der Waals surface area contributed by atoms with Crippen LogP contribution in [0.15, 0.2) is 35.8 Å². The Bertz CT molecular complexity index is 767. The molecule has 0 aliphatic rings. The summed E-state index contributed by atoms with van der Waals surface area (Å²) in [7, 11) is 1.95. The summed E-state index contributed by atoms with van der Waals surface area (Å²) in [5.74, 6) is 0.702. The van der Waals surface area contributed by atoms with Crippen LogP contribution in [0.25, 0.3) is 4.96 Å². The van der Waals surface area contributed by atoms with Crippen molar-refractivity contribution in [2.45, 2.75) is 18.3 Å². The Morgan fingerprint density at radius 1 is 1.43 bits per heavy atom. The molecule has 0 fully saturated rings. The second kappa shape index (κ2) is 5.77. The predicted molar refractivity (Wildman–Crippen MR) is 88.9 cm³/mol. The van der Waals surface area contributed by atoms with Crippen molar-refractivity contribution < 1.29 is 4.39 Å². The fourth-order valence-electron chi connectivity index (χ4n) is 2.43. The lowest BCUT2D eigenvalue weighted by molar-refractivity contribution is 0.584. The van der Waals surface area contributed by atoms with E-state index in [4.69, 9.17) is 0 Å². The van der Waals surface area contributed by atoms with Gasteiger partial charge in [-0.05, 0) is 13.0 Å². The molecule has 110 valence electrons. The second-order valence-electron chi connectivity index (χ2n) is 4.88. The summed E-state index contributed by atoms with van der Waals surface area (Å²) in [6.07, 6.45) is 2.01. The molecule has 21 heavy (non-hydrogen) atoms. The fourth-order valence-corrected chi connectivity index (χ4v) is 3.68. The topological polar surface area (TPSA) is 20.5 Å². The quantitative estimate of drug-likeness (QED) is 0.626. The molecule has 0 aliphatic heterocycles. The van der Waals surface area contributed by atoms with E-state index in [0.29, 0.717) is 10.9 Å². The van der Waals surface area contributed by atoms with E-state index < -0.39 is 0 Å². The van der Waals surface area contributed by atoms with Crippen molar-refractivity contribution in [2.24, 2.45) is 0 Å². The van der Waals surface area contributed by atoms with Crippen molar-refractivity contribution in [3.8, 4) is 0 Å². The number of aromatic nitrogens is 2. The minimum absolute atomic E-state index is 0.0893. The number of anilines is 1. The normalized spacial score (nSPS) is 12.8. The van der Waals surface area contributed by atoms with Gasteiger partial charge in [-0.25, -0.2) is 9.37 Å². The zero-order valence-corrected chi connectivity index (χ0v) is 14.2. The highest BCUT2D eigenvalue weighted by molar-refractivity contribution is 9.08. The third kappa shape index (κ3) is 2.46. The third-order valence-electron chi connectivity index (χ3n) is 3.74. The summed E-state index contributed by atoms with van der Waals surface area (Å²) in [5, 5.41) is 2.72. The lowest BCUT2D eigenvalue weighted by Crippen LogP contribution is -2.23. The van der Waals surface area contributed by atoms with Crippen molar-refractivity contribution in [3.63, 3.8) is 0 Å². The van der Waals surface area contributed by atoms with E-state index in [1.807, 2.05) is 42.6 Å². The van der Waals surface area contributed by atoms with Crippen LogP contribution in [-0.4, -0.2) is 16.4 Å². The number of benzene rings is 1. The molecule has 0 amide bonds. The summed E-state index contributed by atoms with van der Waals surface area (Å²) in [4.78, 5) is 7.65. The molecule has 0 saturated carbocycles. The van der Waals surface area contributed by atoms with E-state index in [1.54, 1.807) is 17.4 Å². The monoisotopic (exact) mass is 367 g/mol. The standard InChI is InChI=1S/C15H15BrFN3S/c1-10(11-5-3-4-6-12(11)17)19(2)14-13(9-16)20-7-8-21-15(20)18-14/h3-8,10H,9H2,1-2H3. The van der Waals surface area contributed by atoms with Crippen LogP contribution >= 0.6 is 27.3 Å². The average molecular weight is 368 g/mol. The first-order valence-electron chi connectivity index (χ1n) is 6.61. The van der Waals surface area contributed by atoms with Crippen LogP contribution < -0.4 is 4.90 Å². The van der Waals surface area contributed by atoms with Gasteiger partial charge in [-0.1, -0.05) is 34.1 Å². The van der Waals surface area contributed by atoms with Gasteiger partial charge < -0.3 is 4.90 Å². The molecule has 2 aromatic heterocycles. The van der Waals surface area contributed by atoms with Crippen molar-refractivity contribution >= 4 is 38.0 Å². The molecule has 1 atom stereocenters. The van der Waals surface area contributed by atoms with Crippen LogP contribution in [0.3, 0.4) is 0 Å². The molecule has 1 unspecified atom stereocenters. The number of imidazole rings is 1. The number of thiazole rings is 1. The van der Waals surface area contributed by atoms with E-state index in [1.165, 1.54) is 6.07 Å². The summed E-state index contributed by atoms with van der Waals surface area (Å²) >= 11 is 5.12. The molecule has 1 aromatic carbocycles. The van der Waals surface area contributed by atoms with Crippen LogP contribution in [0.5, 0.6) is 0 Å². The number of nitrogens with zero attached hydrogens (tertiary/aromatic N) is 3. The number of rotatable bonds is 4. The Morgan fingerprint density at radius 2 is 2.19 bits per heavy atom. The number of alkyl halides is 1. The Kier molecular flexibility index (Phi) is 3.99. The van der Waals surface area contributed by atoms with Gasteiger partial charge in [0.15, 0.2) is 10.8 Å². The summed E-state index contributed by atoms with van der Waals surface area (Å²) < 4.78 is 16.1. The number of hydrogen-bond acceptors (Lipinski definition) is 3. The highest BCUT2D eigenvalue weighted by Gasteiger charge is 2.22. The first-order valence-corrected chi connectivity index (χ1v) is 8.61. The predicted octanol–water partition coefficient (Wildman–Crippen LogP) is 4.63. The Labute approximate surface area is 135 Å². The van der Waals surface area contributed by atoms with Gasteiger partial charge in [-0.3, -0.25) is 4.40 Å². The molecular weight excluding hydrogens is 353 g/mol. The highest BCUT2D eigenvalue weighted by Crippen LogP contribution is 2.31. The van der Waals surface area contributed by atoms with Gasteiger partial charge in [0, 0.05) is 29.5 Å². The van der Waals surface area contributed by atoms with E-state index >= 15 is 0 Å². The Balaban J connectivity index is 2.02. The second-order valence-corrected chi connectivity index (χ2v) is 6.31. The van der Waals surface area contributed by atoms with Crippen molar-refractivity contribution in [1.29, 1.82) is 0 Å². The number of hydrogen-bond donors (Lipinski definition) is 0. The van der Waals surface area contributed by atoms with Crippen molar-refractivity contribution in [1.82, 2.24) is 9.38 Å². The largest absolute Gasteiger partial charge is 0.351 e. The molecule has 0 radical (unpaired) electrons. The van der Waals surface area contributed by atoms with Crippen LogP contribution in [0.1, 0.15) is 24.2 Å². The molecule has 2 heterocycles.